The average molecular weight is 442 g/mol. The SMILES string of the molecule is CC(C)(C)[Si](C)(C)OCC1CC(n2cnc3c(=O)[nH]c(N)nc32)C1CBr. The number of hydrogen-bond donors (Lipinski definition) is 2. The van der Waals surface area contributed by atoms with E-state index >= 15 is 0 Å². The van der Waals surface area contributed by atoms with Gasteiger partial charge in [-0.1, -0.05) is 36.7 Å². The van der Waals surface area contributed by atoms with E-state index < -0.39 is 8.32 Å². The van der Waals surface area contributed by atoms with Crippen LogP contribution in [0.25, 0.3) is 11.2 Å². The molecule has 0 spiro atoms. The number of aromatic nitrogens is 4. The molecule has 7 nitrogen and oxygen atoms in total. The van der Waals surface area contributed by atoms with Crippen LogP contribution in [-0.2, 0) is 4.43 Å². The third-order valence-corrected chi connectivity index (χ3v) is 11.3. The quantitative estimate of drug-likeness (QED) is 0.547. The van der Waals surface area contributed by atoms with Crippen molar-refractivity contribution < 1.29 is 4.43 Å². The summed E-state index contributed by atoms with van der Waals surface area (Å²) < 4.78 is 8.42. The molecule has 0 aliphatic heterocycles. The van der Waals surface area contributed by atoms with Gasteiger partial charge in [0.2, 0.25) is 5.95 Å². The number of halogens is 1. The zero-order chi connectivity index (χ0) is 19.3. The summed E-state index contributed by atoms with van der Waals surface area (Å²) in [5, 5.41) is 1.09. The lowest BCUT2D eigenvalue weighted by molar-refractivity contribution is 0.0520. The Hall–Kier alpha value is -1.19. The van der Waals surface area contributed by atoms with Crippen LogP contribution < -0.4 is 11.3 Å². The molecule has 0 bridgehead atoms. The highest BCUT2D eigenvalue weighted by Gasteiger charge is 2.44. The summed E-state index contributed by atoms with van der Waals surface area (Å²) in [5.41, 5.74) is 6.32. The minimum Gasteiger partial charge on any atom is -0.417 e. The summed E-state index contributed by atoms with van der Waals surface area (Å²) in [7, 11) is -1.75. The summed E-state index contributed by atoms with van der Waals surface area (Å²) in [6.45, 7) is 12.1. The molecule has 0 aromatic carbocycles. The average Bonchev–Trinajstić information content (AvgIpc) is 2.89. The van der Waals surface area contributed by atoms with Crippen LogP contribution in [-0.4, -0.2) is 39.8 Å². The second-order valence-electron chi connectivity index (χ2n) is 8.73. The molecule has 3 N–H and O–H groups in total. The molecule has 144 valence electrons. The number of hydrogen-bond acceptors (Lipinski definition) is 5. The van der Waals surface area contributed by atoms with E-state index in [1.807, 2.05) is 4.57 Å². The number of alkyl halides is 1. The molecule has 1 aliphatic carbocycles. The summed E-state index contributed by atoms with van der Waals surface area (Å²) >= 11 is 3.65. The number of anilines is 1. The first-order valence-corrected chi connectivity index (χ1v) is 13.0. The summed E-state index contributed by atoms with van der Waals surface area (Å²) in [4.78, 5) is 23.0. The van der Waals surface area contributed by atoms with Crippen molar-refractivity contribution >= 4 is 41.4 Å². The Morgan fingerprint density at radius 3 is 2.77 bits per heavy atom. The molecule has 1 aliphatic rings. The first-order valence-electron chi connectivity index (χ1n) is 8.97. The Morgan fingerprint density at radius 2 is 2.15 bits per heavy atom. The van der Waals surface area contributed by atoms with Crippen molar-refractivity contribution in [1.29, 1.82) is 0 Å². The van der Waals surface area contributed by atoms with Crippen molar-refractivity contribution in [3.63, 3.8) is 0 Å². The van der Waals surface area contributed by atoms with Gasteiger partial charge in [-0.3, -0.25) is 9.78 Å². The predicted octanol–water partition coefficient (Wildman–Crippen LogP) is 3.30. The van der Waals surface area contributed by atoms with Crippen LogP contribution in [0.3, 0.4) is 0 Å². The Bertz CT molecular complexity index is 857. The van der Waals surface area contributed by atoms with Gasteiger partial charge in [0, 0.05) is 18.0 Å². The molecule has 0 amide bonds. The smallest absolute Gasteiger partial charge is 0.280 e. The van der Waals surface area contributed by atoms with Gasteiger partial charge in [-0.05, 0) is 36.4 Å². The number of rotatable bonds is 5. The fraction of sp³-hybridized carbons (Fsp3) is 0.706. The van der Waals surface area contributed by atoms with Crippen LogP contribution in [0, 0.1) is 11.8 Å². The van der Waals surface area contributed by atoms with Gasteiger partial charge in [0.05, 0.1) is 6.33 Å². The van der Waals surface area contributed by atoms with E-state index in [0.717, 1.165) is 18.4 Å². The third-order valence-electron chi connectivity index (χ3n) is 6.09. The molecule has 2 aromatic heterocycles. The van der Waals surface area contributed by atoms with Gasteiger partial charge < -0.3 is 14.7 Å². The Balaban J connectivity index is 1.76. The van der Waals surface area contributed by atoms with Crippen LogP contribution in [0.1, 0.15) is 33.2 Å². The molecule has 26 heavy (non-hydrogen) atoms. The Morgan fingerprint density at radius 1 is 1.46 bits per heavy atom. The number of imidazole rings is 1. The zero-order valence-electron chi connectivity index (χ0n) is 16.0. The Kier molecular flexibility index (Phi) is 5.09. The van der Waals surface area contributed by atoms with Crippen molar-refractivity contribution in [2.75, 3.05) is 17.7 Å². The number of aromatic amines is 1. The van der Waals surface area contributed by atoms with Gasteiger partial charge >= 0.3 is 0 Å². The highest BCUT2D eigenvalue weighted by atomic mass is 79.9. The van der Waals surface area contributed by atoms with Crippen LogP contribution in [0.5, 0.6) is 0 Å². The highest BCUT2D eigenvalue weighted by molar-refractivity contribution is 9.09. The number of nitrogens with one attached hydrogen (secondary N) is 1. The summed E-state index contributed by atoms with van der Waals surface area (Å²) in [6.07, 6.45) is 2.70. The van der Waals surface area contributed by atoms with Crippen LogP contribution in [0.2, 0.25) is 18.1 Å². The van der Waals surface area contributed by atoms with Gasteiger partial charge in [-0.25, -0.2) is 4.98 Å². The standard InChI is InChI=1S/C17H28BrN5O2Si/c1-17(2,3)26(4,5)25-8-10-6-12(11(10)7-18)23-9-20-13-14(23)21-16(19)22-15(13)24/h9-12H,6-8H2,1-5H3,(H3,19,21,22,24). The normalized spacial score (nSPS) is 24.0. The molecule has 0 radical (unpaired) electrons. The molecular weight excluding hydrogens is 414 g/mol. The van der Waals surface area contributed by atoms with Gasteiger partial charge in [0.25, 0.3) is 5.56 Å². The van der Waals surface area contributed by atoms with E-state index in [0.29, 0.717) is 23.0 Å². The number of nitrogen functional groups attached to an aromatic ring is 1. The molecule has 1 saturated carbocycles. The third kappa shape index (κ3) is 3.36. The van der Waals surface area contributed by atoms with E-state index in [1.54, 1.807) is 6.33 Å². The van der Waals surface area contributed by atoms with Crippen molar-refractivity contribution in [3.05, 3.63) is 16.7 Å². The minimum atomic E-state index is -1.75. The predicted molar refractivity (Wildman–Crippen MR) is 110 cm³/mol. The minimum absolute atomic E-state index is 0.122. The largest absolute Gasteiger partial charge is 0.417 e. The van der Waals surface area contributed by atoms with Crippen LogP contribution in [0.4, 0.5) is 5.95 Å². The van der Waals surface area contributed by atoms with E-state index in [9.17, 15) is 4.79 Å². The zero-order valence-corrected chi connectivity index (χ0v) is 18.6. The van der Waals surface area contributed by atoms with Crippen LogP contribution in [0.15, 0.2) is 11.1 Å². The first-order chi connectivity index (χ1) is 12.0. The molecule has 2 aromatic rings. The molecule has 3 unspecified atom stereocenters. The van der Waals surface area contributed by atoms with Crippen molar-refractivity contribution in [3.8, 4) is 0 Å². The van der Waals surface area contributed by atoms with E-state index in [4.69, 9.17) is 10.2 Å². The van der Waals surface area contributed by atoms with Gasteiger partial charge in [0.1, 0.15) is 0 Å². The highest BCUT2D eigenvalue weighted by Crippen LogP contribution is 2.47. The molecule has 9 heteroatoms. The second kappa shape index (κ2) is 6.76. The Labute approximate surface area is 163 Å². The second-order valence-corrected chi connectivity index (χ2v) is 14.2. The number of fused-ring (bicyclic) bond motifs is 1. The van der Waals surface area contributed by atoms with Gasteiger partial charge in [-0.15, -0.1) is 0 Å². The maximum absolute atomic E-state index is 12.0. The molecule has 3 atom stereocenters. The lowest BCUT2D eigenvalue weighted by Crippen LogP contribution is -2.47. The topological polar surface area (TPSA) is 98.8 Å². The number of H-pyrrole nitrogens is 1. The monoisotopic (exact) mass is 441 g/mol. The maximum Gasteiger partial charge on any atom is 0.280 e. The number of nitrogens with zero attached hydrogens (tertiary/aromatic N) is 3. The van der Waals surface area contributed by atoms with Crippen molar-refractivity contribution in [1.82, 2.24) is 19.5 Å². The molecular formula is C17H28BrN5O2Si. The van der Waals surface area contributed by atoms with Crippen molar-refractivity contribution in [2.45, 2.75) is 51.4 Å². The van der Waals surface area contributed by atoms with Crippen molar-refractivity contribution in [2.24, 2.45) is 11.8 Å². The molecule has 3 rings (SSSR count). The van der Waals surface area contributed by atoms with Gasteiger partial charge in [-0.2, -0.15) is 4.98 Å². The lowest BCUT2D eigenvalue weighted by Gasteiger charge is -2.46. The summed E-state index contributed by atoms with van der Waals surface area (Å²) in [5.74, 6) is 1.03. The molecule has 0 saturated heterocycles. The lowest BCUT2D eigenvalue weighted by atomic mass is 9.70. The first kappa shape index (κ1) is 19.6. The van der Waals surface area contributed by atoms with E-state index in [2.05, 4.69) is 64.7 Å². The fourth-order valence-electron chi connectivity index (χ4n) is 3.24. The summed E-state index contributed by atoms with van der Waals surface area (Å²) in [6, 6.07) is 0.251. The number of nitrogens with two attached hydrogens (primary N) is 1. The fourth-order valence-corrected chi connectivity index (χ4v) is 5.26. The molecule has 2 heterocycles. The molecule has 1 fully saturated rings. The van der Waals surface area contributed by atoms with E-state index in [1.165, 1.54) is 0 Å². The van der Waals surface area contributed by atoms with E-state index in [-0.39, 0.29) is 22.6 Å². The van der Waals surface area contributed by atoms with Gasteiger partial charge in [0.15, 0.2) is 19.5 Å². The van der Waals surface area contributed by atoms with Crippen LogP contribution >= 0.6 is 15.9 Å². The maximum atomic E-state index is 12.0.